The average molecular weight is 333 g/mol. The van der Waals surface area contributed by atoms with Gasteiger partial charge >= 0.3 is 5.69 Å². The first-order valence-electron chi connectivity index (χ1n) is 7.21. The molecule has 2 N–H and O–H groups in total. The van der Waals surface area contributed by atoms with E-state index in [1.165, 1.54) is 24.4 Å². The van der Waals surface area contributed by atoms with E-state index in [9.17, 15) is 14.4 Å². The summed E-state index contributed by atoms with van der Waals surface area (Å²) in [6.45, 7) is 0.752. The van der Waals surface area contributed by atoms with Crippen molar-refractivity contribution in [2.45, 2.75) is 12.5 Å². The highest BCUT2D eigenvalue weighted by atomic mass is 16.5. The van der Waals surface area contributed by atoms with Crippen LogP contribution in [0.1, 0.15) is 16.9 Å². The van der Waals surface area contributed by atoms with Gasteiger partial charge in [-0.3, -0.25) is 19.6 Å². The minimum atomic E-state index is -0.718. The van der Waals surface area contributed by atoms with Crippen molar-refractivity contribution in [3.63, 3.8) is 0 Å². The van der Waals surface area contributed by atoms with Crippen LogP contribution in [0, 0.1) is 0 Å². The first-order valence-corrected chi connectivity index (χ1v) is 7.21. The number of aromatic nitrogens is 4. The third kappa shape index (κ3) is 3.42. The highest BCUT2D eigenvalue weighted by molar-refractivity contribution is 5.92. The highest BCUT2D eigenvalue weighted by Crippen LogP contribution is 2.18. The minimum Gasteiger partial charge on any atom is -0.480 e. The van der Waals surface area contributed by atoms with Gasteiger partial charge in [0.1, 0.15) is 11.8 Å². The number of carbonyl (C=O) groups is 1. The van der Waals surface area contributed by atoms with Crippen molar-refractivity contribution >= 4 is 5.91 Å². The number of H-pyrrole nitrogens is 2. The van der Waals surface area contributed by atoms with Crippen LogP contribution >= 0.6 is 0 Å². The lowest BCUT2D eigenvalue weighted by atomic mass is 10.3. The Hall–Kier alpha value is -3.17. The number of ether oxygens (including phenoxy) is 2. The van der Waals surface area contributed by atoms with Crippen molar-refractivity contribution in [1.82, 2.24) is 24.8 Å². The van der Waals surface area contributed by atoms with Gasteiger partial charge in [-0.25, -0.2) is 4.79 Å². The average Bonchev–Trinajstić information content (AvgIpc) is 3.02. The molecule has 1 atom stereocenters. The van der Waals surface area contributed by atoms with Crippen molar-refractivity contribution < 1.29 is 14.3 Å². The molecule has 1 saturated heterocycles. The predicted octanol–water partition coefficient (Wildman–Crippen LogP) is -0.845. The van der Waals surface area contributed by atoms with Gasteiger partial charge in [0.15, 0.2) is 0 Å². The van der Waals surface area contributed by atoms with Crippen LogP contribution in [-0.2, 0) is 0 Å². The van der Waals surface area contributed by atoms with Gasteiger partial charge in [0, 0.05) is 19.0 Å². The molecule has 0 bridgehead atoms. The normalized spacial score (nSPS) is 16.9. The van der Waals surface area contributed by atoms with E-state index in [1.807, 2.05) is 4.98 Å². The number of hydrogen-bond acceptors (Lipinski definition) is 7. The Morgan fingerprint density at radius 1 is 1.29 bits per heavy atom. The topological polar surface area (TPSA) is 130 Å². The van der Waals surface area contributed by atoms with Gasteiger partial charge in [0.25, 0.3) is 11.5 Å². The van der Waals surface area contributed by atoms with Crippen LogP contribution < -0.4 is 20.7 Å². The molecule has 0 aromatic carbocycles. The zero-order chi connectivity index (χ0) is 17.1. The third-order valence-electron chi connectivity index (χ3n) is 3.51. The molecular formula is C14H15N5O5. The Bertz CT molecular complexity index is 833. The van der Waals surface area contributed by atoms with E-state index in [-0.39, 0.29) is 11.8 Å². The Morgan fingerprint density at radius 2 is 2.08 bits per heavy atom. The maximum absolute atomic E-state index is 12.3. The fraction of sp³-hybridized carbons (Fsp3) is 0.357. The number of aromatic amines is 2. The molecule has 0 radical (unpaired) electrons. The molecule has 10 heteroatoms. The molecule has 3 heterocycles. The number of methoxy groups -OCH3 is 1. The maximum Gasteiger partial charge on any atom is 0.326 e. The first kappa shape index (κ1) is 15.7. The monoisotopic (exact) mass is 333 g/mol. The number of amides is 1. The number of nitrogens with one attached hydrogen (secondary N) is 2. The molecule has 126 valence electrons. The second-order valence-electron chi connectivity index (χ2n) is 5.18. The van der Waals surface area contributed by atoms with E-state index >= 15 is 0 Å². The molecule has 1 aliphatic rings. The number of rotatable bonds is 4. The summed E-state index contributed by atoms with van der Waals surface area (Å²) in [5, 5.41) is 0. The van der Waals surface area contributed by atoms with Crippen molar-refractivity contribution in [2.75, 3.05) is 20.2 Å². The van der Waals surface area contributed by atoms with E-state index in [0.717, 1.165) is 6.07 Å². The fourth-order valence-corrected chi connectivity index (χ4v) is 2.42. The molecule has 0 spiro atoms. The zero-order valence-corrected chi connectivity index (χ0v) is 12.8. The summed E-state index contributed by atoms with van der Waals surface area (Å²) in [4.78, 5) is 48.8. The lowest BCUT2D eigenvalue weighted by Gasteiger charge is -2.16. The summed E-state index contributed by atoms with van der Waals surface area (Å²) < 4.78 is 10.7. The fourth-order valence-electron chi connectivity index (χ4n) is 2.42. The van der Waals surface area contributed by atoms with Crippen molar-refractivity contribution in [3.05, 3.63) is 45.0 Å². The van der Waals surface area contributed by atoms with Crippen LogP contribution in [0.4, 0.5) is 0 Å². The Morgan fingerprint density at radius 3 is 2.83 bits per heavy atom. The molecule has 0 saturated carbocycles. The third-order valence-corrected chi connectivity index (χ3v) is 3.51. The van der Waals surface area contributed by atoms with E-state index in [0.29, 0.717) is 31.3 Å². The van der Waals surface area contributed by atoms with Gasteiger partial charge in [0.2, 0.25) is 11.8 Å². The molecule has 1 amide bonds. The summed E-state index contributed by atoms with van der Waals surface area (Å²) in [6.07, 6.45) is 3.25. The van der Waals surface area contributed by atoms with E-state index in [4.69, 9.17) is 9.47 Å². The van der Waals surface area contributed by atoms with Gasteiger partial charge in [-0.05, 0) is 0 Å². The van der Waals surface area contributed by atoms with Crippen molar-refractivity contribution in [2.24, 2.45) is 0 Å². The van der Waals surface area contributed by atoms with E-state index < -0.39 is 17.2 Å². The molecule has 3 rings (SSSR count). The largest absolute Gasteiger partial charge is 0.480 e. The summed E-state index contributed by atoms with van der Waals surface area (Å²) in [5.41, 5.74) is -1.39. The Balaban J connectivity index is 1.67. The lowest BCUT2D eigenvalue weighted by molar-refractivity contribution is 0.0764. The molecule has 1 unspecified atom stereocenters. The van der Waals surface area contributed by atoms with Crippen molar-refractivity contribution in [1.29, 1.82) is 0 Å². The van der Waals surface area contributed by atoms with Crippen molar-refractivity contribution in [3.8, 4) is 11.8 Å². The van der Waals surface area contributed by atoms with Gasteiger partial charge in [0.05, 0.1) is 26.0 Å². The van der Waals surface area contributed by atoms with Crippen LogP contribution in [0.2, 0.25) is 0 Å². The van der Waals surface area contributed by atoms with Gasteiger partial charge < -0.3 is 19.4 Å². The molecule has 2 aromatic rings. The Labute approximate surface area is 135 Å². The smallest absolute Gasteiger partial charge is 0.326 e. The molecule has 10 nitrogen and oxygen atoms in total. The lowest BCUT2D eigenvalue weighted by Crippen LogP contribution is -2.34. The van der Waals surface area contributed by atoms with Crippen LogP contribution in [0.5, 0.6) is 11.8 Å². The summed E-state index contributed by atoms with van der Waals surface area (Å²) >= 11 is 0. The minimum absolute atomic E-state index is 0.0504. The van der Waals surface area contributed by atoms with Crippen LogP contribution in [0.3, 0.4) is 0 Å². The molecule has 1 aliphatic heterocycles. The standard InChI is InChI=1S/C14H15N5O5/c1-23-11-5-15-6-12(18-11)24-8-2-3-19(7-8)13(21)9-4-10(20)17-14(22)16-9/h4-6,8H,2-3,7H2,1H3,(H2,16,17,20,22). The highest BCUT2D eigenvalue weighted by Gasteiger charge is 2.29. The first-order chi connectivity index (χ1) is 11.5. The second kappa shape index (κ2) is 6.52. The zero-order valence-electron chi connectivity index (χ0n) is 12.8. The van der Waals surface area contributed by atoms with Gasteiger partial charge in [-0.15, -0.1) is 0 Å². The summed E-state index contributed by atoms with van der Waals surface area (Å²) in [6, 6.07) is 1.06. The molecule has 24 heavy (non-hydrogen) atoms. The van der Waals surface area contributed by atoms with Crippen LogP contribution in [-0.4, -0.2) is 57.0 Å². The number of likely N-dealkylation sites (tertiary alicyclic amines) is 1. The predicted molar refractivity (Wildman–Crippen MR) is 81.2 cm³/mol. The van der Waals surface area contributed by atoms with E-state index in [2.05, 4.69) is 15.0 Å². The maximum atomic E-state index is 12.3. The van der Waals surface area contributed by atoms with Crippen LogP contribution in [0.15, 0.2) is 28.0 Å². The van der Waals surface area contributed by atoms with Gasteiger partial charge in [-0.2, -0.15) is 4.98 Å². The Kier molecular flexibility index (Phi) is 4.27. The van der Waals surface area contributed by atoms with Crippen LogP contribution in [0.25, 0.3) is 0 Å². The molecule has 1 fully saturated rings. The molecule has 2 aromatic heterocycles. The number of carbonyl (C=O) groups excluding carboxylic acids is 1. The van der Waals surface area contributed by atoms with E-state index in [1.54, 1.807) is 0 Å². The quantitative estimate of drug-likeness (QED) is 0.745. The summed E-state index contributed by atoms with van der Waals surface area (Å²) in [7, 11) is 1.48. The van der Waals surface area contributed by atoms with Gasteiger partial charge in [-0.1, -0.05) is 0 Å². The molecule has 0 aliphatic carbocycles. The molecular weight excluding hydrogens is 318 g/mol. The SMILES string of the molecule is COc1cncc(OC2CCN(C(=O)c3cc(=O)[nH]c(=O)[nH]3)C2)n1. The number of nitrogens with zero attached hydrogens (tertiary/aromatic N) is 3. The second-order valence-corrected chi connectivity index (χ2v) is 5.18. The summed E-state index contributed by atoms with van der Waals surface area (Å²) in [5.74, 6) is 0.207. The number of hydrogen-bond donors (Lipinski definition) is 2.